The van der Waals surface area contributed by atoms with Crippen LogP contribution in [0.5, 0.6) is 17.2 Å². The minimum Gasteiger partial charge on any atom is -0.493 e. The Morgan fingerprint density at radius 3 is 2.37 bits per heavy atom. The number of methoxy groups -OCH3 is 3. The van der Waals surface area contributed by atoms with Gasteiger partial charge in [-0.2, -0.15) is 0 Å². The molecule has 3 rings (SSSR count). The number of benzene rings is 2. The lowest BCUT2D eigenvalue weighted by molar-refractivity contribution is 0.0452. The maximum Gasteiger partial charge on any atom is 0.338 e. The molecule has 1 fully saturated rings. The van der Waals surface area contributed by atoms with Crippen molar-refractivity contribution in [3.63, 3.8) is 0 Å². The van der Waals surface area contributed by atoms with Crippen molar-refractivity contribution in [2.24, 2.45) is 0 Å². The number of hydrogen-bond donors (Lipinski definition) is 0. The molecule has 0 aromatic heterocycles. The summed E-state index contributed by atoms with van der Waals surface area (Å²) in [6.07, 6.45) is 3.75. The molecule has 0 bridgehead atoms. The third-order valence-electron chi connectivity index (χ3n) is 4.97. The van der Waals surface area contributed by atoms with Crippen LogP contribution in [-0.2, 0) is 4.74 Å². The summed E-state index contributed by atoms with van der Waals surface area (Å²) < 4.78 is 21.8. The zero-order valence-corrected chi connectivity index (χ0v) is 16.2. The topological polar surface area (TPSA) is 57.2 Å². The summed E-state index contributed by atoms with van der Waals surface area (Å²) in [5.41, 5.74) is 0.510. The fourth-order valence-corrected chi connectivity index (χ4v) is 3.54. The number of esters is 1. The molecule has 0 aliphatic carbocycles. The molecular formula is C21H27NO5. The minimum absolute atomic E-state index is 0.317. The molecule has 6 heteroatoms. The fourth-order valence-electron chi connectivity index (χ4n) is 3.54. The van der Waals surface area contributed by atoms with Gasteiger partial charge in [0.05, 0.1) is 26.9 Å². The standard InChI is InChI=1S/C21H27NO5/c1-24-18-14-16-13-15(7-8-17(16)19(25-2)20(18)26-3)21(23)27-12-11-22-9-5-4-6-10-22/h7-8,13-14H,4-6,9-12H2,1-3H3. The molecule has 146 valence electrons. The van der Waals surface area contributed by atoms with Crippen molar-refractivity contribution < 1.29 is 23.7 Å². The van der Waals surface area contributed by atoms with Crippen LogP contribution >= 0.6 is 0 Å². The Kier molecular flexibility index (Phi) is 6.40. The maximum absolute atomic E-state index is 12.4. The molecule has 0 unspecified atom stereocenters. The lowest BCUT2D eigenvalue weighted by atomic mass is 10.0. The highest BCUT2D eigenvalue weighted by Crippen LogP contribution is 2.43. The lowest BCUT2D eigenvalue weighted by Gasteiger charge is -2.25. The molecule has 27 heavy (non-hydrogen) atoms. The Bertz CT molecular complexity index is 799. The van der Waals surface area contributed by atoms with Crippen molar-refractivity contribution in [2.45, 2.75) is 19.3 Å². The molecule has 1 aliphatic heterocycles. The van der Waals surface area contributed by atoms with Gasteiger partial charge in [0, 0.05) is 11.9 Å². The first-order valence-corrected chi connectivity index (χ1v) is 9.30. The van der Waals surface area contributed by atoms with Crippen LogP contribution in [0.4, 0.5) is 0 Å². The summed E-state index contributed by atoms with van der Waals surface area (Å²) in [4.78, 5) is 14.8. The number of carbonyl (C=O) groups is 1. The van der Waals surface area contributed by atoms with Crippen LogP contribution in [0, 0.1) is 0 Å². The van der Waals surface area contributed by atoms with E-state index >= 15 is 0 Å². The Hall–Kier alpha value is -2.47. The predicted molar refractivity (Wildman–Crippen MR) is 104 cm³/mol. The number of hydrogen-bond acceptors (Lipinski definition) is 6. The molecule has 0 spiro atoms. The van der Waals surface area contributed by atoms with Gasteiger partial charge in [0.1, 0.15) is 6.61 Å². The van der Waals surface area contributed by atoms with Gasteiger partial charge in [-0.1, -0.05) is 6.42 Å². The van der Waals surface area contributed by atoms with Gasteiger partial charge in [-0.3, -0.25) is 4.90 Å². The molecule has 1 saturated heterocycles. The summed E-state index contributed by atoms with van der Waals surface area (Å²) in [5.74, 6) is 1.35. The monoisotopic (exact) mass is 373 g/mol. The Morgan fingerprint density at radius 1 is 0.963 bits per heavy atom. The van der Waals surface area contributed by atoms with Crippen molar-refractivity contribution in [1.82, 2.24) is 4.90 Å². The Balaban J connectivity index is 1.75. The average Bonchev–Trinajstić information content (AvgIpc) is 2.72. The second-order valence-electron chi connectivity index (χ2n) is 6.62. The number of piperidine rings is 1. The number of likely N-dealkylation sites (tertiary alicyclic amines) is 1. The van der Waals surface area contributed by atoms with Gasteiger partial charge < -0.3 is 18.9 Å². The van der Waals surface area contributed by atoms with E-state index in [1.165, 1.54) is 19.3 Å². The van der Waals surface area contributed by atoms with Gasteiger partial charge in [-0.15, -0.1) is 0 Å². The van der Waals surface area contributed by atoms with E-state index in [4.69, 9.17) is 18.9 Å². The second-order valence-corrected chi connectivity index (χ2v) is 6.62. The summed E-state index contributed by atoms with van der Waals surface area (Å²) in [7, 11) is 4.72. The molecule has 0 amide bonds. The number of fused-ring (bicyclic) bond motifs is 1. The van der Waals surface area contributed by atoms with Crippen molar-refractivity contribution in [1.29, 1.82) is 0 Å². The number of nitrogens with zero attached hydrogens (tertiary/aromatic N) is 1. The lowest BCUT2D eigenvalue weighted by Crippen LogP contribution is -2.33. The summed E-state index contributed by atoms with van der Waals surface area (Å²) in [5, 5.41) is 1.68. The van der Waals surface area contributed by atoms with Crippen molar-refractivity contribution in [3.05, 3.63) is 29.8 Å². The van der Waals surface area contributed by atoms with Crippen LogP contribution < -0.4 is 14.2 Å². The first-order chi connectivity index (χ1) is 13.2. The number of rotatable bonds is 7. The van der Waals surface area contributed by atoms with Gasteiger partial charge in [0.2, 0.25) is 5.75 Å². The average molecular weight is 373 g/mol. The second kappa shape index (κ2) is 8.95. The predicted octanol–water partition coefficient (Wildman–Crippen LogP) is 3.51. The highest BCUT2D eigenvalue weighted by Gasteiger charge is 2.18. The molecule has 6 nitrogen and oxygen atoms in total. The zero-order chi connectivity index (χ0) is 19.2. The maximum atomic E-state index is 12.4. The van der Waals surface area contributed by atoms with Crippen LogP contribution in [0.1, 0.15) is 29.6 Å². The normalized spacial score (nSPS) is 14.8. The molecule has 2 aromatic rings. The van der Waals surface area contributed by atoms with Gasteiger partial charge in [0.15, 0.2) is 11.5 Å². The largest absolute Gasteiger partial charge is 0.493 e. The van der Waals surface area contributed by atoms with Gasteiger partial charge >= 0.3 is 5.97 Å². The third kappa shape index (κ3) is 4.27. The molecule has 0 saturated carbocycles. The third-order valence-corrected chi connectivity index (χ3v) is 4.97. The van der Waals surface area contributed by atoms with Crippen molar-refractivity contribution in [2.75, 3.05) is 47.6 Å². The number of ether oxygens (including phenoxy) is 4. The van der Waals surface area contributed by atoms with Gasteiger partial charge in [-0.25, -0.2) is 4.79 Å². The first-order valence-electron chi connectivity index (χ1n) is 9.30. The van der Waals surface area contributed by atoms with Crippen molar-refractivity contribution in [3.8, 4) is 17.2 Å². The SMILES string of the molecule is COc1cc2cc(C(=O)OCCN3CCCCC3)ccc2c(OC)c1OC. The highest BCUT2D eigenvalue weighted by atomic mass is 16.5. The smallest absolute Gasteiger partial charge is 0.338 e. The van der Waals surface area contributed by atoms with E-state index in [-0.39, 0.29) is 5.97 Å². The minimum atomic E-state index is -0.317. The van der Waals surface area contributed by atoms with E-state index in [9.17, 15) is 4.79 Å². The first kappa shape index (κ1) is 19.3. The van der Waals surface area contributed by atoms with E-state index in [0.717, 1.165) is 30.4 Å². The quantitative estimate of drug-likeness (QED) is 0.693. The van der Waals surface area contributed by atoms with Gasteiger partial charge in [0.25, 0.3) is 0 Å². The fraction of sp³-hybridized carbons (Fsp3) is 0.476. The van der Waals surface area contributed by atoms with Crippen LogP contribution in [0.25, 0.3) is 10.8 Å². The molecule has 2 aromatic carbocycles. The van der Waals surface area contributed by atoms with Crippen LogP contribution in [0.2, 0.25) is 0 Å². The molecular weight excluding hydrogens is 346 g/mol. The summed E-state index contributed by atoms with van der Waals surface area (Å²) in [6, 6.07) is 7.22. The molecule has 1 aliphatic rings. The van der Waals surface area contributed by atoms with Crippen molar-refractivity contribution >= 4 is 16.7 Å². The van der Waals surface area contributed by atoms with Crippen LogP contribution in [-0.4, -0.2) is 58.4 Å². The van der Waals surface area contributed by atoms with E-state index in [1.807, 2.05) is 12.1 Å². The highest BCUT2D eigenvalue weighted by molar-refractivity contribution is 5.99. The van der Waals surface area contributed by atoms with E-state index < -0.39 is 0 Å². The van der Waals surface area contributed by atoms with E-state index in [1.54, 1.807) is 33.5 Å². The molecule has 0 atom stereocenters. The summed E-state index contributed by atoms with van der Waals surface area (Å²) in [6.45, 7) is 3.38. The van der Waals surface area contributed by atoms with E-state index in [2.05, 4.69) is 4.90 Å². The zero-order valence-electron chi connectivity index (χ0n) is 16.2. The molecule has 0 radical (unpaired) electrons. The van der Waals surface area contributed by atoms with Crippen LogP contribution in [0.15, 0.2) is 24.3 Å². The molecule has 0 N–H and O–H groups in total. The Morgan fingerprint density at radius 2 is 1.70 bits per heavy atom. The van der Waals surface area contributed by atoms with E-state index in [0.29, 0.717) is 29.4 Å². The van der Waals surface area contributed by atoms with Gasteiger partial charge in [-0.05, 0) is 55.6 Å². The molecule has 1 heterocycles. The number of carbonyl (C=O) groups excluding carboxylic acids is 1. The van der Waals surface area contributed by atoms with Crippen LogP contribution in [0.3, 0.4) is 0 Å². The summed E-state index contributed by atoms with van der Waals surface area (Å²) >= 11 is 0. The Labute approximate surface area is 159 Å².